The Bertz CT molecular complexity index is 167. The van der Waals surface area contributed by atoms with Gasteiger partial charge in [0.2, 0.25) is 0 Å². The standard InChI is InChI=1S/C6H6BrClF2/c7-5-1-4(2-5,3-5)6(8,9)10/h1-3H2. The maximum atomic E-state index is 12.5. The van der Waals surface area contributed by atoms with Gasteiger partial charge < -0.3 is 0 Å². The summed E-state index contributed by atoms with van der Waals surface area (Å²) in [5.74, 6) is 0. The van der Waals surface area contributed by atoms with E-state index < -0.39 is 10.8 Å². The fourth-order valence-electron chi connectivity index (χ4n) is 1.96. The van der Waals surface area contributed by atoms with E-state index in [0.29, 0.717) is 19.3 Å². The lowest BCUT2D eigenvalue weighted by Gasteiger charge is -2.68. The minimum absolute atomic E-state index is 0.0331. The minimum atomic E-state index is -2.98. The number of hydrogen-bond acceptors (Lipinski definition) is 0. The molecule has 0 unspecified atom stereocenters. The first-order valence-corrected chi connectivity index (χ1v) is 4.30. The predicted molar refractivity (Wildman–Crippen MR) is 38.7 cm³/mol. The van der Waals surface area contributed by atoms with Crippen LogP contribution in [0.25, 0.3) is 0 Å². The lowest BCUT2D eigenvalue weighted by Crippen LogP contribution is -2.69. The average Bonchev–Trinajstić information content (AvgIpc) is 1.51. The molecule has 3 rings (SSSR count). The summed E-state index contributed by atoms with van der Waals surface area (Å²) in [7, 11) is 0. The molecule has 3 aliphatic rings. The number of rotatable bonds is 1. The summed E-state index contributed by atoms with van der Waals surface area (Å²) in [4.78, 5) is 0. The van der Waals surface area contributed by atoms with Gasteiger partial charge in [-0.3, -0.25) is 0 Å². The zero-order chi connectivity index (χ0) is 7.62. The molecule has 2 bridgehead atoms. The second-order valence-electron chi connectivity index (χ2n) is 3.46. The predicted octanol–water partition coefficient (Wildman–Crippen LogP) is 3.14. The molecule has 0 spiro atoms. The topological polar surface area (TPSA) is 0 Å². The number of alkyl halides is 4. The zero-order valence-electron chi connectivity index (χ0n) is 5.13. The summed E-state index contributed by atoms with van der Waals surface area (Å²) < 4.78 is 25.0. The molecular weight excluding hydrogens is 225 g/mol. The van der Waals surface area contributed by atoms with E-state index in [1.807, 2.05) is 0 Å². The normalized spacial score (nSPS) is 51.6. The minimum Gasteiger partial charge on any atom is -0.188 e. The SMILES string of the molecule is FC(F)(Cl)C12CC(Br)(C1)C2. The second-order valence-corrected chi connectivity index (χ2v) is 5.62. The van der Waals surface area contributed by atoms with Crippen molar-refractivity contribution in [2.45, 2.75) is 29.0 Å². The van der Waals surface area contributed by atoms with Gasteiger partial charge >= 0.3 is 5.38 Å². The molecule has 3 aliphatic carbocycles. The van der Waals surface area contributed by atoms with Crippen molar-refractivity contribution in [3.8, 4) is 0 Å². The van der Waals surface area contributed by atoms with Gasteiger partial charge in [-0.2, -0.15) is 8.78 Å². The summed E-state index contributed by atoms with van der Waals surface area (Å²) in [5, 5.41) is -2.98. The molecule has 0 atom stereocenters. The molecule has 0 N–H and O–H groups in total. The van der Waals surface area contributed by atoms with Crippen molar-refractivity contribution in [2.75, 3.05) is 0 Å². The smallest absolute Gasteiger partial charge is 0.188 e. The summed E-state index contributed by atoms with van der Waals surface area (Å²) in [6, 6.07) is 0. The molecule has 0 nitrogen and oxygen atoms in total. The fourth-order valence-corrected chi connectivity index (χ4v) is 3.78. The molecule has 3 saturated carbocycles. The van der Waals surface area contributed by atoms with Gasteiger partial charge in [0, 0.05) is 4.32 Å². The van der Waals surface area contributed by atoms with Crippen LogP contribution in [0.3, 0.4) is 0 Å². The van der Waals surface area contributed by atoms with Crippen molar-refractivity contribution in [1.29, 1.82) is 0 Å². The van der Waals surface area contributed by atoms with Gasteiger partial charge in [0.25, 0.3) is 0 Å². The molecule has 0 amide bonds. The van der Waals surface area contributed by atoms with Crippen LogP contribution in [0.4, 0.5) is 8.78 Å². The number of hydrogen-bond donors (Lipinski definition) is 0. The monoisotopic (exact) mass is 230 g/mol. The van der Waals surface area contributed by atoms with Crippen LogP contribution in [-0.2, 0) is 0 Å². The first kappa shape index (κ1) is 7.29. The highest BCUT2D eigenvalue weighted by atomic mass is 79.9. The fraction of sp³-hybridized carbons (Fsp3) is 1.00. The Kier molecular flexibility index (Phi) is 1.12. The third kappa shape index (κ3) is 0.658. The van der Waals surface area contributed by atoms with Gasteiger partial charge in [0.05, 0.1) is 5.41 Å². The Morgan fingerprint density at radius 2 is 1.70 bits per heavy atom. The maximum Gasteiger partial charge on any atom is 0.327 e. The van der Waals surface area contributed by atoms with E-state index in [1.54, 1.807) is 0 Å². The quantitative estimate of drug-likeness (QED) is 0.608. The Labute approximate surface area is 71.1 Å². The van der Waals surface area contributed by atoms with E-state index in [2.05, 4.69) is 15.9 Å². The highest BCUT2D eigenvalue weighted by molar-refractivity contribution is 9.10. The summed E-state index contributed by atoms with van der Waals surface area (Å²) in [5.41, 5.74) is -0.849. The molecule has 0 radical (unpaired) electrons. The molecule has 0 aromatic heterocycles. The van der Waals surface area contributed by atoms with Crippen molar-refractivity contribution in [2.24, 2.45) is 5.41 Å². The Morgan fingerprint density at radius 1 is 1.30 bits per heavy atom. The largest absolute Gasteiger partial charge is 0.327 e. The molecule has 10 heavy (non-hydrogen) atoms. The molecule has 0 aromatic carbocycles. The van der Waals surface area contributed by atoms with Crippen molar-refractivity contribution in [1.82, 2.24) is 0 Å². The van der Waals surface area contributed by atoms with Gasteiger partial charge in [0.1, 0.15) is 0 Å². The first-order chi connectivity index (χ1) is 4.37. The van der Waals surface area contributed by atoms with E-state index in [0.717, 1.165) is 0 Å². The Hall–Kier alpha value is 0.630. The van der Waals surface area contributed by atoms with Crippen molar-refractivity contribution in [3.05, 3.63) is 0 Å². The van der Waals surface area contributed by atoms with Crippen LogP contribution in [0, 0.1) is 5.41 Å². The molecule has 0 saturated heterocycles. The van der Waals surface area contributed by atoms with Crippen LogP contribution in [-0.4, -0.2) is 9.71 Å². The molecule has 0 aliphatic heterocycles. The molecule has 0 aromatic rings. The van der Waals surface area contributed by atoms with Crippen molar-refractivity contribution in [3.63, 3.8) is 0 Å². The third-order valence-electron chi connectivity index (χ3n) is 2.57. The lowest BCUT2D eigenvalue weighted by atomic mass is 9.44. The van der Waals surface area contributed by atoms with Gasteiger partial charge in [0.15, 0.2) is 0 Å². The maximum absolute atomic E-state index is 12.5. The van der Waals surface area contributed by atoms with Crippen LogP contribution in [0.1, 0.15) is 19.3 Å². The Morgan fingerprint density at radius 3 is 1.80 bits per heavy atom. The summed E-state index contributed by atoms with van der Waals surface area (Å²) in [6.07, 6.45) is 1.61. The average molecular weight is 231 g/mol. The molecule has 0 heterocycles. The summed E-state index contributed by atoms with van der Waals surface area (Å²) >= 11 is 8.29. The van der Waals surface area contributed by atoms with Crippen molar-refractivity contribution >= 4 is 27.5 Å². The molecule has 3 fully saturated rings. The van der Waals surface area contributed by atoms with E-state index in [1.165, 1.54) is 0 Å². The van der Waals surface area contributed by atoms with Crippen LogP contribution in [0.2, 0.25) is 0 Å². The highest BCUT2D eigenvalue weighted by Crippen LogP contribution is 2.77. The van der Waals surface area contributed by atoms with Gasteiger partial charge in [-0.25, -0.2) is 0 Å². The van der Waals surface area contributed by atoms with Crippen LogP contribution >= 0.6 is 27.5 Å². The Balaban J connectivity index is 2.11. The molecule has 58 valence electrons. The van der Waals surface area contributed by atoms with Gasteiger partial charge in [-0.15, -0.1) is 0 Å². The number of halogens is 4. The lowest BCUT2D eigenvalue weighted by molar-refractivity contribution is -0.200. The van der Waals surface area contributed by atoms with Crippen LogP contribution in [0.5, 0.6) is 0 Å². The molecule has 4 heteroatoms. The third-order valence-corrected chi connectivity index (χ3v) is 3.81. The highest BCUT2D eigenvalue weighted by Gasteiger charge is 2.76. The zero-order valence-corrected chi connectivity index (χ0v) is 7.48. The van der Waals surface area contributed by atoms with E-state index in [-0.39, 0.29) is 4.32 Å². The first-order valence-electron chi connectivity index (χ1n) is 3.13. The van der Waals surface area contributed by atoms with Crippen molar-refractivity contribution < 1.29 is 8.78 Å². The van der Waals surface area contributed by atoms with Crippen LogP contribution < -0.4 is 0 Å². The second kappa shape index (κ2) is 1.53. The van der Waals surface area contributed by atoms with Gasteiger partial charge in [-0.1, -0.05) is 15.9 Å². The summed E-state index contributed by atoms with van der Waals surface area (Å²) in [6.45, 7) is 0. The van der Waals surface area contributed by atoms with E-state index >= 15 is 0 Å². The van der Waals surface area contributed by atoms with Gasteiger partial charge in [-0.05, 0) is 30.9 Å². The molecular formula is C6H6BrClF2. The van der Waals surface area contributed by atoms with E-state index in [4.69, 9.17) is 11.6 Å². The van der Waals surface area contributed by atoms with E-state index in [9.17, 15) is 8.78 Å². The van der Waals surface area contributed by atoms with Crippen LogP contribution in [0.15, 0.2) is 0 Å².